The second-order valence-electron chi connectivity index (χ2n) is 4.41. The number of nitrogens with zero attached hydrogens (tertiary/aromatic N) is 3. The second-order valence-corrected chi connectivity index (χ2v) is 4.41. The number of carboxylic acid groups (broad SMARTS) is 1. The maximum Gasteiger partial charge on any atom is 0.338 e. The quantitative estimate of drug-likeness (QED) is 0.843. The van der Waals surface area contributed by atoms with E-state index >= 15 is 0 Å². The molecule has 1 N–H and O–H groups in total. The molecule has 1 saturated carbocycles. The molecule has 0 saturated heterocycles. The van der Waals surface area contributed by atoms with Crippen molar-refractivity contribution < 1.29 is 9.90 Å². The number of rotatable bonds is 5. The van der Waals surface area contributed by atoms with E-state index in [4.69, 9.17) is 5.11 Å². The average Bonchev–Trinajstić information content (AvgIpc) is 2.28. The number of carboxylic acids is 1. The first-order chi connectivity index (χ1) is 8.20. The monoisotopic (exact) mass is 235 g/mol. The van der Waals surface area contributed by atoms with Gasteiger partial charge in [0.05, 0.1) is 5.56 Å². The van der Waals surface area contributed by atoms with Gasteiger partial charge in [0.2, 0.25) is 5.95 Å². The van der Waals surface area contributed by atoms with Crippen LogP contribution in [0, 0.1) is 5.92 Å². The number of aromatic carboxylic acids is 1. The highest BCUT2D eigenvalue weighted by molar-refractivity contribution is 5.86. The molecular formula is C12H17N3O2. The molecule has 0 amide bonds. The largest absolute Gasteiger partial charge is 0.478 e. The smallest absolute Gasteiger partial charge is 0.338 e. The molecule has 0 unspecified atom stereocenters. The normalized spacial score (nSPS) is 15.4. The van der Waals surface area contributed by atoms with E-state index in [9.17, 15) is 4.79 Å². The van der Waals surface area contributed by atoms with Crippen molar-refractivity contribution in [1.82, 2.24) is 9.97 Å². The lowest BCUT2D eigenvalue weighted by atomic mass is 9.85. The van der Waals surface area contributed by atoms with Crippen molar-refractivity contribution in [3.8, 4) is 0 Å². The first-order valence-electron chi connectivity index (χ1n) is 6.01. The molecule has 1 aliphatic rings. The van der Waals surface area contributed by atoms with Crippen molar-refractivity contribution in [2.75, 3.05) is 18.0 Å². The first kappa shape index (κ1) is 11.8. The van der Waals surface area contributed by atoms with Crippen LogP contribution in [0.3, 0.4) is 0 Å². The van der Waals surface area contributed by atoms with Crippen LogP contribution in [0.2, 0.25) is 0 Å². The van der Waals surface area contributed by atoms with Crippen molar-refractivity contribution in [3.63, 3.8) is 0 Å². The third kappa shape index (κ3) is 2.72. The number of hydrogen-bond donors (Lipinski definition) is 1. The van der Waals surface area contributed by atoms with Crippen LogP contribution in [-0.2, 0) is 0 Å². The van der Waals surface area contributed by atoms with Crippen LogP contribution in [0.1, 0.15) is 36.5 Å². The highest BCUT2D eigenvalue weighted by atomic mass is 16.4. The van der Waals surface area contributed by atoms with Crippen LogP contribution < -0.4 is 4.90 Å². The van der Waals surface area contributed by atoms with Gasteiger partial charge in [-0.15, -0.1) is 0 Å². The maximum absolute atomic E-state index is 10.7. The Balaban J connectivity index is 2.04. The van der Waals surface area contributed by atoms with E-state index in [1.807, 2.05) is 0 Å². The molecule has 1 aliphatic carbocycles. The molecule has 2 rings (SSSR count). The fraction of sp³-hybridized carbons (Fsp3) is 0.583. The zero-order valence-electron chi connectivity index (χ0n) is 9.96. The predicted octanol–water partition coefficient (Wildman–Crippen LogP) is 1.80. The molecule has 1 heterocycles. The summed E-state index contributed by atoms with van der Waals surface area (Å²) in [7, 11) is 0. The Morgan fingerprint density at radius 3 is 2.53 bits per heavy atom. The van der Waals surface area contributed by atoms with Crippen molar-refractivity contribution in [2.24, 2.45) is 5.92 Å². The van der Waals surface area contributed by atoms with Crippen molar-refractivity contribution in [1.29, 1.82) is 0 Å². The fourth-order valence-electron chi connectivity index (χ4n) is 1.93. The summed E-state index contributed by atoms with van der Waals surface area (Å²) in [5.41, 5.74) is 0.133. The summed E-state index contributed by atoms with van der Waals surface area (Å²) in [4.78, 5) is 21.0. The van der Waals surface area contributed by atoms with Crippen LogP contribution in [-0.4, -0.2) is 34.1 Å². The molecular weight excluding hydrogens is 218 g/mol. The second kappa shape index (κ2) is 5.12. The minimum atomic E-state index is -0.987. The summed E-state index contributed by atoms with van der Waals surface area (Å²) < 4.78 is 0. The van der Waals surface area contributed by atoms with Gasteiger partial charge in [-0.25, -0.2) is 14.8 Å². The third-order valence-corrected chi connectivity index (χ3v) is 3.25. The average molecular weight is 235 g/mol. The fourth-order valence-corrected chi connectivity index (χ4v) is 1.93. The van der Waals surface area contributed by atoms with Gasteiger partial charge in [-0.05, 0) is 25.7 Å². The lowest BCUT2D eigenvalue weighted by molar-refractivity contribution is 0.0696. The van der Waals surface area contributed by atoms with Crippen LogP contribution >= 0.6 is 0 Å². The van der Waals surface area contributed by atoms with E-state index in [1.165, 1.54) is 31.7 Å². The van der Waals surface area contributed by atoms with E-state index in [2.05, 4.69) is 21.8 Å². The van der Waals surface area contributed by atoms with Gasteiger partial charge in [-0.3, -0.25) is 0 Å². The van der Waals surface area contributed by atoms with Crippen LogP contribution in [0.4, 0.5) is 5.95 Å². The van der Waals surface area contributed by atoms with Gasteiger partial charge in [0.1, 0.15) is 0 Å². The topological polar surface area (TPSA) is 66.3 Å². The lowest BCUT2D eigenvalue weighted by Gasteiger charge is -2.31. The summed E-state index contributed by atoms with van der Waals surface area (Å²) in [5, 5.41) is 8.77. The zero-order valence-corrected chi connectivity index (χ0v) is 9.96. The van der Waals surface area contributed by atoms with E-state index < -0.39 is 5.97 Å². The van der Waals surface area contributed by atoms with Gasteiger partial charge in [0.25, 0.3) is 0 Å². The van der Waals surface area contributed by atoms with Gasteiger partial charge in [0.15, 0.2) is 0 Å². The molecule has 0 aliphatic heterocycles. The summed E-state index contributed by atoms with van der Waals surface area (Å²) >= 11 is 0. The molecule has 0 radical (unpaired) electrons. The van der Waals surface area contributed by atoms with E-state index in [1.54, 1.807) is 0 Å². The Labute approximate surface area is 100 Å². The third-order valence-electron chi connectivity index (χ3n) is 3.25. The molecule has 5 heteroatoms. The molecule has 1 aromatic heterocycles. The number of anilines is 1. The molecule has 0 bridgehead atoms. The molecule has 1 fully saturated rings. The Hall–Kier alpha value is -1.65. The SMILES string of the molecule is CCN(CC1CCC1)c1ncc(C(=O)O)cn1. The molecule has 0 aromatic carbocycles. The summed E-state index contributed by atoms with van der Waals surface area (Å²) in [6.45, 7) is 3.89. The molecule has 1 aromatic rings. The zero-order chi connectivity index (χ0) is 12.3. The van der Waals surface area contributed by atoms with Gasteiger partial charge in [-0.1, -0.05) is 6.42 Å². The minimum absolute atomic E-state index is 0.133. The maximum atomic E-state index is 10.7. The van der Waals surface area contributed by atoms with Crippen LogP contribution in [0.25, 0.3) is 0 Å². The van der Waals surface area contributed by atoms with Crippen LogP contribution in [0.15, 0.2) is 12.4 Å². The van der Waals surface area contributed by atoms with Crippen molar-refractivity contribution >= 4 is 11.9 Å². The highest BCUT2D eigenvalue weighted by Gasteiger charge is 2.21. The summed E-state index contributed by atoms with van der Waals surface area (Å²) in [6, 6.07) is 0. The summed E-state index contributed by atoms with van der Waals surface area (Å²) in [6.07, 6.45) is 6.62. The molecule has 0 atom stereocenters. The van der Waals surface area contributed by atoms with Crippen molar-refractivity contribution in [3.05, 3.63) is 18.0 Å². The Morgan fingerprint density at radius 2 is 2.12 bits per heavy atom. The minimum Gasteiger partial charge on any atom is -0.478 e. The molecule has 17 heavy (non-hydrogen) atoms. The van der Waals surface area contributed by atoms with Gasteiger partial charge < -0.3 is 10.0 Å². The number of hydrogen-bond acceptors (Lipinski definition) is 4. The van der Waals surface area contributed by atoms with Gasteiger partial charge in [0, 0.05) is 25.5 Å². The Bertz CT molecular complexity index is 387. The standard InChI is InChI=1S/C12H17N3O2/c1-2-15(8-9-4-3-5-9)12-13-6-10(7-14-12)11(16)17/h6-7,9H,2-5,8H2,1H3,(H,16,17). The van der Waals surface area contributed by atoms with E-state index in [-0.39, 0.29) is 5.56 Å². The summed E-state index contributed by atoms with van der Waals surface area (Å²) in [5.74, 6) is 0.390. The van der Waals surface area contributed by atoms with Crippen LogP contribution in [0.5, 0.6) is 0 Å². The van der Waals surface area contributed by atoms with Gasteiger partial charge >= 0.3 is 5.97 Å². The molecule has 0 spiro atoms. The van der Waals surface area contributed by atoms with Gasteiger partial charge in [-0.2, -0.15) is 0 Å². The predicted molar refractivity (Wildman–Crippen MR) is 64.2 cm³/mol. The van der Waals surface area contributed by atoms with E-state index in [0.29, 0.717) is 5.95 Å². The Morgan fingerprint density at radius 1 is 1.47 bits per heavy atom. The number of carbonyl (C=O) groups is 1. The van der Waals surface area contributed by atoms with E-state index in [0.717, 1.165) is 19.0 Å². The lowest BCUT2D eigenvalue weighted by Crippen LogP contribution is -2.33. The first-order valence-corrected chi connectivity index (χ1v) is 6.01. The molecule has 5 nitrogen and oxygen atoms in total. The Kier molecular flexibility index (Phi) is 3.56. The number of aromatic nitrogens is 2. The molecule has 92 valence electrons. The van der Waals surface area contributed by atoms with Crippen molar-refractivity contribution in [2.45, 2.75) is 26.2 Å². The highest BCUT2D eigenvalue weighted by Crippen LogP contribution is 2.27.